The Morgan fingerprint density at radius 3 is 2.74 bits per heavy atom. The summed E-state index contributed by atoms with van der Waals surface area (Å²) >= 11 is 0. The second-order valence-corrected chi connectivity index (χ2v) is 7.13. The van der Waals surface area contributed by atoms with Gasteiger partial charge in [-0.05, 0) is 38.3 Å². The normalized spacial score (nSPS) is 17.6. The number of hydrogen-bond donors (Lipinski definition) is 3. The van der Waals surface area contributed by atoms with E-state index in [-0.39, 0.29) is 18.4 Å². The number of likely N-dealkylation sites (tertiary alicyclic amines) is 1. The third-order valence-electron chi connectivity index (χ3n) is 5.02. The summed E-state index contributed by atoms with van der Waals surface area (Å²) in [5, 5.41) is 3.04. The van der Waals surface area contributed by atoms with Crippen LogP contribution in [0.25, 0.3) is 0 Å². The molecule has 1 aromatic heterocycles. The van der Waals surface area contributed by atoms with Crippen LogP contribution in [0.4, 0.5) is 0 Å². The number of amides is 1. The predicted octanol–water partition coefficient (Wildman–Crippen LogP) is 0.737. The van der Waals surface area contributed by atoms with E-state index in [1.54, 1.807) is 6.92 Å². The van der Waals surface area contributed by atoms with Gasteiger partial charge in [-0.1, -0.05) is 30.3 Å². The van der Waals surface area contributed by atoms with Crippen LogP contribution in [0.3, 0.4) is 0 Å². The number of carbonyl (C=O) groups is 1. The van der Waals surface area contributed by atoms with Crippen LogP contribution in [0.15, 0.2) is 39.9 Å². The maximum Gasteiger partial charge on any atom is 0.325 e. The quantitative estimate of drug-likeness (QED) is 0.698. The van der Waals surface area contributed by atoms with Crippen molar-refractivity contribution in [3.05, 3.63) is 68.0 Å². The minimum Gasteiger partial charge on any atom is -0.352 e. The van der Waals surface area contributed by atoms with E-state index in [0.29, 0.717) is 11.3 Å². The van der Waals surface area contributed by atoms with E-state index < -0.39 is 11.2 Å². The molecule has 0 unspecified atom stereocenters. The Labute approximate surface area is 157 Å². The second kappa shape index (κ2) is 8.81. The van der Waals surface area contributed by atoms with Gasteiger partial charge in [-0.2, -0.15) is 0 Å². The van der Waals surface area contributed by atoms with Gasteiger partial charge in [0, 0.05) is 30.4 Å². The Balaban J connectivity index is 1.52. The number of hydrogen-bond acceptors (Lipinski definition) is 4. The van der Waals surface area contributed by atoms with E-state index in [1.807, 2.05) is 6.07 Å². The number of benzene rings is 1. The molecule has 0 saturated carbocycles. The molecule has 27 heavy (non-hydrogen) atoms. The highest BCUT2D eigenvalue weighted by Gasteiger charge is 2.22. The summed E-state index contributed by atoms with van der Waals surface area (Å²) in [4.78, 5) is 42.6. The van der Waals surface area contributed by atoms with Gasteiger partial charge < -0.3 is 15.2 Å². The van der Waals surface area contributed by atoms with Gasteiger partial charge in [-0.25, -0.2) is 4.79 Å². The zero-order chi connectivity index (χ0) is 19.2. The Hall–Kier alpha value is -2.67. The van der Waals surface area contributed by atoms with Crippen LogP contribution in [-0.2, 0) is 17.6 Å². The number of aromatic nitrogens is 2. The number of rotatable bonds is 6. The van der Waals surface area contributed by atoms with E-state index in [4.69, 9.17) is 0 Å². The molecule has 3 rings (SSSR count). The van der Waals surface area contributed by atoms with Gasteiger partial charge in [-0.3, -0.25) is 14.6 Å². The smallest absolute Gasteiger partial charge is 0.325 e. The first-order valence-electron chi connectivity index (χ1n) is 9.39. The molecule has 1 aliphatic heterocycles. The highest BCUT2D eigenvalue weighted by atomic mass is 16.2. The SMILES string of the molecule is Cc1[nH]c(=O)[nH]c(=O)c1CC(=O)N[C@@H]1CCCN(CCc2ccccc2)C1. The average Bonchev–Trinajstić information content (AvgIpc) is 2.64. The first kappa shape index (κ1) is 19.1. The lowest BCUT2D eigenvalue weighted by molar-refractivity contribution is -0.121. The fraction of sp³-hybridized carbons (Fsp3) is 0.450. The van der Waals surface area contributed by atoms with Crippen LogP contribution in [0.2, 0.25) is 0 Å². The van der Waals surface area contributed by atoms with Crippen LogP contribution in [0, 0.1) is 6.92 Å². The van der Waals surface area contributed by atoms with Gasteiger partial charge in [0.05, 0.1) is 6.42 Å². The van der Waals surface area contributed by atoms with Crippen molar-refractivity contribution in [3.63, 3.8) is 0 Å². The lowest BCUT2D eigenvalue weighted by Crippen LogP contribution is -2.48. The van der Waals surface area contributed by atoms with Gasteiger partial charge in [0.1, 0.15) is 0 Å². The molecular weight excluding hydrogens is 344 g/mol. The molecule has 144 valence electrons. The Morgan fingerprint density at radius 1 is 1.22 bits per heavy atom. The van der Waals surface area contributed by atoms with E-state index in [9.17, 15) is 14.4 Å². The molecule has 0 bridgehead atoms. The molecule has 1 atom stereocenters. The van der Waals surface area contributed by atoms with Gasteiger partial charge in [0.25, 0.3) is 5.56 Å². The number of aryl methyl sites for hydroxylation is 1. The van der Waals surface area contributed by atoms with Crippen molar-refractivity contribution in [1.82, 2.24) is 20.2 Å². The lowest BCUT2D eigenvalue weighted by Gasteiger charge is -2.33. The zero-order valence-electron chi connectivity index (χ0n) is 15.6. The molecule has 1 aromatic carbocycles. The maximum atomic E-state index is 12.4. The van der Waals surface area contributed by atoms with Crippen molar-refractivity contribution in [1.29, 1.82) is 0 Å². The van der Waals surface area contributed by atoms with E-state index in [2.05, 4.69) is 44.5 Å². The number of aromatic amines is 2. The van der Waals surface area contributed by atoms with Crippen molar-refractivity contribution in [2.75, 3.05) is 19.6 Å². The van der Waals surface area contributed by atoms with Gasteiger partial charge in [-0.15, -0.1) is 0 Å². The van der Waals surface area contributed by atoms with Crippen LogP contribution in [0.5, 0.6) is 0 Å². The minimum absolute atomic E-state index is 0.0293. The molecule has 2 heterocycles. The first-order valence-corrected chi connectivity index (χ1v) is 9.39. The van der Waals surface area contributed by atoms with Crippen LogP contribution < -0.4 is 16.6 Å². The topological polar surface area (TPSA) is 98.1 Å². The summed E-state index contributed by atoms with van der Waals surface area (Å²) in [6, 6.07) is 10.5. The van der Waals surface area contributed by atoms with Crippen LogP contribution >= 0.6 is 0 Å². The maximum absolute atomic E-state index is 12.4. The summed E-state index contributed by atoms with van der Waals surface area (Å²) in [6.07, 6.45) is 2.94. The molecular formula is C20H26N4O3. The van der Waals surface area contributed by atoms with E-state index in [1.165, 1.54) is 5.56 Å². The third-order valence-corrected chi connectivity index (χ3v) is 5.02. The Bertz CT molecular complexity index is 888. The van der Waals surface area contributed by atoms with Gasteiger partial charge >= 0.3 is 5.69 Å². The summed E-state index contributed by atoms with van der Waals surface area (Å²) in [6.45, 7) is 4.46. The Kier molecular flexibility index (Phi) is 6.24. The van der Waals surface area contributed by atoms with E-state index in [0.717, 1.165) is 38.9 Å². The molecule has 2 aromatic rings. The van der Waals surface area contributed by atoms with Crippen molar-refractivity contribution in [3.8, 4) is 0 Å². The molecule has 3 N–H and O–H groups in total. The van der Waals surface area contributed by atoms with Gasteiger partial charge in [0.2, 0.25) is 5.91 Å². The van der Waals surface area contributed by atoms with E-state index >= 15 is 0 Å². The fourth-order valence-electron chi connectivity index (χ4n) is 3.59. The summed E-state index contributed by atoms with van der Waals surface area (Å²) in [5.41, 5.74) is 1.01. The highest BCUT2D eigenvalue weighted by molar-refractivity contribution is 5.79. The molecule has 0 spiro atoms. The predicted molar refractivity (Wildman–Crippen MR) is 104 cm³/mol. The van der Waals surface area contributed by atoms with Crippen LogP contribution in [-0.4, -0.2) is 46.5 Å². The second-order valence-electron chi connectivity index (χ2n) is 7.13. The number of piperidine rings is 1. The van der Waals surface area contributed by atoms with Crippen molar-refractivity contribution in [2.45, 2.75) is 38.6 Å². The molecule has 0 aliphatic carbocycles. The molecule has 1 fully saturated rings. The fourth-order valence-corrected chi connectivity index (χ4v) is 3.59. The Morgan fingerprint density at radius 2 is 2.00 bits per heavy atom. The van der Waals surface area contributed by atoms with Crippen molar-refractivity contribution < 1.29 is 4.79 Å². The summed E-state index contributed by atoms with van der Waals surface area (Å²) < 4.78 is 0. The third kappa shape index (κ3) is 5.40. The largest absolute Gasteiger partial charge is 0.352 e. The standard InChI is InChI=1S/C20H26N4O3/c1-14-17(19(26)23-20(27)21-14)12-18(25)22-16-8-5-10-24(13-16)11-9-15-6-3-2-4-7-15/h2-4,6-7,16H,5,8-13H2,1H3,(H,22,25)(H2,21,23,26,27)/t16-/m1/s1. The van der Waals surface area contributed by atoms with Crippen molar-refractivity contribution in [2.24, 2.45) is 0 Å². The molecule has 1 aliphatic rings. The highest BCUT2D eigenvalue weighted by Crippen LogP contribution is 2.12. The summed E-state index contributed by atoms with van der Waals surface area (Å²) in [7, 11) is 0. The molecule has 7 heteroatoms. The molecule has 1 saturated heterocycles. The first-order chi connectivity index (χ1) is 13.0. The number of carbonyl (C=O) groups excluding carboxylic acids is 1. The molecule has 1 amide bonds. The monoisotopic (exact) mass is 370 g/mol. The minimum atomic E-state index is -0.553. The lowest BCUT2D eigenvalue weighted by atomic mass is 10.0. The summed E-state index contributed by atoms with van der Waals surface area (Å²) in [5.74, 6) is -0.189. The average molecular weight is 370 g/mol. The number of nitrogens with zero attached hydrogens (tertiary/aromatic N) is 1. The molecule has 7 nitrogen and oxygen atoms in total. The molecule has 0 radical (unpaired) electrons. The van der Waals surface area contributed by atoms with Crippen molar-refractivity contribution >= 4 is 5.91 Å². The zero-order valence-corrected chi connectivity index (χ0v) is 15.6. The number of H-pyrrole nitrogens is 2. The number of nitrogens with one attached hydrogen (secondary N) is 3. The van der Waals surface area contributed by atoms with Crippen LogP contribution in [0.1, 0.15) is 29.7 Å². The van der Waals surface area contributed by atoms with Gasteiger partial charge in [0.15, 0.2) is 0 Å².